The first-order chi connectivity index (χ1) is 7.75. The molecule has 0 bridgehead atoms. The summed E-state index contributed by atoms with van der Waals surface area (Å²) in [5, 5.41) is 10.3. The van der Waals surface area contributed by atoms with Gasteiger partial charge >= 0.3 is 0 Å². The minimum Gasteiger partial charge on any atom is -0.364 e. The number of nitrogens with zero attached hydrogens (tertiary/aromatic N) is 3. The molecule has 1 amide bonds. The number of carbonyl (C=O) groups is 1. The summed E-state index contributed by atoms with van der Waals surface area (Å²) < 4.78 is 0. The molecular weight excluding hydrogens is 206 g/mol. The van der Waals surface area contributed by atoms with Gasteiger partial charge in [-0.2, -0.15) is 0 Å². The summed E-state index contributed by atoms with van der Waals surface area (Å²) in [4.78, 5) is 14.6. The summed E-state index contributed by atoms with van der Waals surface area (Å²) in [6.45, 7) is 0. The molecule has 0 atom stereocenters. The Labute approximate surface area is 91.5 Å². The van der Waals surface area contributed by atoms with E-state index >= 15 is 0 Å². The molecule has 0 radical (unpaired) electrons. The third-order valence-electron chi connectivity index (χ3n) is 1.84. The van der Waals surface area contributed by atoms with Crippen molar-refractivity contribution >= 4 is 17.5 Å². The minimum atomic E-state index is -0.647. The highest BCUT2D eigenvalue weighted by atomic mass is 16.1. The van der Waals surface area contributed by atoms with Crippen LogP contribution in [0.5, 0.6) is 0 Å². The predicted molar refractivity (Wildman–Crippen MR) is 58.1 cm³/mol. The van der Waals surface area contributed by atoms with Gasteiger partial charge in [0, 0.05) is 5.69 Å². The Morgan fingerprint density at radius 2 is 1.94 bits per heavy atom. The van der Waals surface area contributed by atoms with E-state index in [1.165, 1.54) is 6.20 Å². The maximum Gasteiger partial charge on any atom is 0.270 e. The van der Waals surface area contributed by atoms with Gasteiger partial charge in [-0.3, -0.25) is 4.79 Å². The van der Waals surface area contributed by atoms with Crippen molar-refractivity contribution in [3.05, 3.63) is 42.2 Å². The first-order valence-corrected chi connectivity index (χ1v) is 4.57. The van der Waals surface area contributed by atoms with Crippen LogP contribution in [-0.2, 0) is 0 Å². The number of hydrogen-bond donors (Lipinski definition) is 2. The fraction of sp³-hybridized carbons (Fsp3) is 0. The summed E-state index contributed by atoms with van der Waals surface area (Å²) in [5.41, 5.74) is 5.90. The van der Waals surface area contributed by atoms with Crippen molar-refractivity contribution in [2.45, 2.75) is 0 Å². The van der Waals surface area contributed by atoms with Gasteiger partial charge in [0.05, 0.1) is 6.20 Å². The van der Waals surface area contributed by atoms with Crippen LogP contribution in [0.4, 0.5) is 11.6 Å². The lowest BCUT2D eigenvalue weighted by Gasteiger charge is -2.02. The Morgan fingerprint density at radius 1 is 1.19 bits per heavy atom. The number of hydrogen-bond acceptors (Lipinski definition) is 5. The molecule has 6 heteroatoms. The van der Waals surface area contributed by atoms with E-state index < -0.39 is 5.91 Å². The predicted octanol–water partition coefficient (Wildman–Crippen LogP) is 0.714. The number of carbonyl (C=O) groups excluding carboxylic acids is 1. The second kappa shape index (κ2) is 4.35. The molecule has 0 aliphatic heterocycles. The largest absolute Gasteiger partial charge is 0.364 e. The van der Waals surface area contributed by atoms with Crippen molar-refractivity contribution in [2.24, 2.45) is 5.73 Å². The zero-order valence-corrected chi connectivity index (χ0v) is 8.29. The molecule has 1 aromatic carbocycles. The van der Waals surface area contributed by atoms with Gasteiger partial charge < -0.3 is 11.1 Å². The van der Waals surface area contributed by atoms with Crippen molar-refractivity contribution in [3.63, 3.8) is 0 Å². The maximum absolute atomic E-state index is 10.7. The van der Waals surface area contributed by atoms with Gasteiger partial charge in [0.1, 0.15) is 0 Å². The average molecular weight is 215 g/mol. The molecule has 0 saturated carbocycles. The lowest BCUT2D eigenvalue weighted by molar-refractivity contribution is 0.0994. The Kier molecular flexibility index (Phi) is 2.73. The van der Waals surface area contributed by atoms with E-state index in [1.54, 1.807) is 0 Å². The Bertz CT molecular complexity index is 482. The van der Waals surface area contributed by atoms with Crippen LogP contribution in [0.25, 0.3) is 0 Å². The number of para-hydroxylation sites is 1. The third kappa shape index (κ3) is 2.30. The zero-order chi connectivity index (χ0) is 11.4. The van der Waals surface area contributed by atoms with Crippen molar-refractivity contribution in [3.8, 4) is 0 Å². The molecule has 6 nitrogen and oxygen atoms in total. The van der Waals surface area contributed by atoms with Crippen LogP contribution in [-0.4, -0.2) is 21.1 Å². The molecule has 1 aromatic heterocycles. The molecule has 0 aliphatic rings. The van der Waals surface area contributed by atoms with E-state index in [0.717, 1.165) is 5.69 Å². The monoisotopic (exact) mass is 215 g/mol. The summed E-state index contributed by atoms with van der Waals surface area (Å²) in [6.07, 6.45) is 1.28. The van der Waals surface area contributed by atoms with Gasteiger partial charge in [-0.1, -0.05) is 18.2 Å². The lowest BCUT2D eigenvalue weighted by atomic mass is 10.3. The topological polar surface area (TPSA) is 93.8 Å². The fourth-order valence-corrected chi connectivity index (χ4v) is 1.10. The van der Waals surface area contributed by atoms with E-state index in [2.05, 4.69) is 20.5 Å². The second-order valence-electron chi connectivity index (χ2n) is 3.02. The van der Waals surface area contributed by atoms with E-state index in [1.807, 2.05) is 30.3 Å². The van der Waals surface area contributed by atoms with Gasteiger partial charge in [-0.15, -0.1) is 10.2 Å². The smallest absolute Gasteiger partial charge is 0.270 e. The number of nitrogens with two attached hydrogens (primary N) is 1. The summed E-state index contributed by atoms with van der Waals surface area (Å²) in [5.74, 6) is -0.331. The number of aromatic nitrogens is 3. The molecule has 0 spiro atoms. The highest BCUT2D eigenvalue weighted by Gasteiger charge is 2.04. The number of benzene rings is 1. The van der Waals surface area contributed by atoms with Crippen molar-refractivity contribution in [2.75, 3.05) is 5.32 Å². The highest BCUT2D eigenvalue weighted by molar-refractivity contribution is 5.90. The average Bonchev–Trinajstić information content (AvgIpc) is 2.31. The number of rotatable bonds is 3. The second-order valence-corrected chi connectivity index (χ2v) is 3.02. The van der Waals surface area contributed by atoms with Crippen molar-refractivity contribution in [1.29, 1.82) is 0 Å². The molecule has 2 rings (SSSR count). The first-order valence-electron chi connectivity index (χ1n) is 4.57. The summed E-state index contributed by atoms with van der Waals surface area (Å²) in [7, 11) is 0. The van der Waals surface area contributed by atoms with Gasteiger partial charge in [0.15, 0.2) is 5.69 Å². The van der Waals surface area contributed by atoms with Crippen LogP contribution in [0.3, 0.4) is 0 Å². The number of primary amides is 1. The van der Waals surface area contributed by atoms with Gasteiger partial charge in [0.2, 0.25) is 5.95 Å². The van der Waals surface area contributed by atoms with Crippen LogP contribution in [0.2, 0.25) is 0 Å². The lowest BCUT2D eigenvalue weighted by Crippen LogP contribution is -2.14. The molecule has 3 N–H and O–H groups in total. The quantitative estimate of drug-likeness (QED) is 0.786. The molecule has 0 fully saturated rings. The molecule has 80 valence electrons. The zero-order valence-electron chi connectivity index (χ0n) is 8.29. The fourth-order valence-electron chi connectivity index (χ4n) is 1.10. The Morgan fingerprint density at radius 3 is 2.50 bits per heavy atom. The van der Waals surface area contributed by atoms with Crippen LogP contribution in [0.15, 0.2) is 36.5 Å². The molecule has 0 unspecified atom stereocenters. The van der Waals surface area contributed by atoms with Crippen LogP contribution < -0.4 is 11.1 Å². The molecule has 16 heavy (non-hydrogen) atoms. The molecule has 2 aromatic rings. The van der Waals surface area contributed by atoms with E-state index in [9.17, 15) is 4.79 Å². The van der Waals surface area contributed by atoms with E-state index in [4.69, 9.17) is 5.73 Å². The molecule has 1 heterocycles. The standard InChI is InChI=1S/C10H9N5O/c11-9(16)8-6-12-10(15-14-8)13-7-4-2-1-3-5-7/h1-6H,(H2,11,16)(H,12,13,15). The Balaban J connectivity index is 2.14. The van der Waals surface area contributed by atoms with Crippen molar-refractivity contribution in [1.82, 2.24) is 15.2 Å². The van der Waals surface area contributed by atoms with Crippen LogP contribution in [0.1, 0.15) is 10.5 Å². The van der Waals surface area contributed by atoms with Crippen molar-refractivity contribution < 1.29 is 4.79 Å². The SMILES string of the molecule is NC(=O)c1cnc(Nc2ccccc2)nn1. The molecule has 0 saturated heterocycles. The maximum atomic E-state index is 10.7. The number of amides is 1. The van der Waals surface area contributed by atoms with Gasteiger partial charge in [-0.05, 0) is 12.1 Å². The number of nitrogens with one attached hydrogen (secondary N) is 1. The minimum absolute atomic E-state index is 0.0404. The molecule has 0 aliphatic carbocycles. The van der Waals surface area contributed by atoms with Gasteiger partial charge in [0.25, 0.3) is 5.91 Å². The van der Waals surface area contributed by atoms with E-state index in [0.29, 0.717) is 5.95 Å². The van der Waals surface area contributed by atoms with Crippen LogP contribution >= 0.6 is 0 Å². The van der Waals surface area contributed by atoms with E-state index in [-0.39, 0.29) is 5.69 Å². The summed E-state index contributed by atoms with van der Waals surface area (Å²) >= 11 is 0. The van der Waals surface area contributed by atoms with Gasteiger partial charge in [-0.25, -0.2) is 4.98 Å². The Hall–Kier alpha value is -2.50. The van der Waals surface area contributed by atoms with Crippen LogP contribution in [0, 0.1) is 0 Å². The third-order valence-corrected chi connectivity index (χ3v) is 1.84. The summed E-state index contributed by atoms with van der Waals surface area (Å²) in [6, 6.07) is 9.40. The highest BCUT2D eigenvalue weighted by Crippen LogP contribution is 2.10. The number of anilines is 2. The first kappa shape index (κ1) is 10.0. The normalized spacial score (nSPS) is 9.75. The molecular formula is C10H9N5O.